The van der Waals surface area contributed by atoms with Crippen molar-refractivity contribution < 1.29 is 9.53 Å². The van der Waals surface area contributed by atoms with Gasteiger partial charge in [0.1, 0.15) is 12.4 Å². The van der Waals surface area contributed by atoms with Crippen molar-refractivity contribution in [1.82, 2.24) is 14.8 Å². The van der Waals surface area contributed by atoms with E-state index in [1.165, 1.54) is 0 Å². The molecule has 23 heavy (non-hydrogen) atoms. The number of ether oxygens (including phenoxy) is 1. The smallest absolute Gasteiger partial charge is 0.253 e. The van der Waals surface area contributed by atoms with Gasteiger partial charge in [-0.3, -0.25) is 4.79 Å². The summed E-state index contributed by atoms with van der Waals surface area (Å²) < 4.78 is 7.58. The van der Waals surface area contributed by atoms with Gasteiger partial charge in [-0.05, 0) is 31.9 Å². The zero-order valence-corrected chi connectivity index (χ0v) is 13.1. The number of aromatic nitrogens is 3. The second kappa shape index (κ2) is 6.89. The van der Waals surface area contributed by atoms with Gasteiger partial charge in [0.2, 0.25) is 0 Å². The molecule has 1 fully saturated rings. The van der Waals surface area contributed by atoms with Gasteiger partial charge in [-0.2, -0.15) is 0 Å². The van der Waals surface area contributed by atoms with Gasteiger partial charge in [-0.25, -0.2) is 0 Å². The first kappa shape index (κ1) is 15.6. The van der Waals surface area contributed by atoms with Crippen molar-refractivity contribution in [3.63, 3.8) is 0 Å². The molecule has 1 aliphatic rings. The first-order valence-corrected chi connectivity index (χ1v) is 7.86. The van der Waals surface area contributed by atoms with Crippen molar-refractivity contribution in [2.24, 2.45) is 5.73 Å². The molecule has 1 aliphatic heterocycles. The van der Waals surface area contributed by atoms with E-state index >= 15 is 0 Å². The van der Waals surface area contributed by atoms with Crippen molar-refractivity contribution in [3.05, 3.63) is 30.6 Å². The largest absolute Gasteiger partial charge is 0.364 e. The molecule has 1 aromatic heterocycles. The van der Waals surface area contributed by atoms with Gasteiger partial charge < -0.3 is 20.4 Å². The van der Waals surface area contributed by atoms with Crippen LogP contribution < -0.4 is 11.1 Å². The molecular formula is C16H21N5O2. The first-order valence-electron chi connectivity index (χ1n) is 7.86. The molecular weight excluding hydrogens is 294 g/mol. The Morgan fingerprint density at radius 2 is 2.26 bits per heavy atom. The average molecular weight is 315 g/mol. The molecule has 2 aromatic rings. The molecule has 2 heterocycles. The Hall–Kier alpha value is -2.25. The van der Waals surface area contributed by atoms with E-state index in [4.69, 9.17) is 10.5 Å². The number of anilines is 1. The number of amides is 1. The summed E-state index contributed by atoms with van der Waals surface area (Å²) in [7, 11) is 0. The predicted molar refractivity (Wildman–Crippen MR) is 86.7 cm³/mol. The molecule has 3 rings (SSSR count). The highest BCUT2D eigenvalue weighted by molar-refractivity contribution is 5.97. The lowest BCUT2D eigenvalue weighted by Crippen LogP contribution is -2.30. The minimum Gasteiger partial charge on any atom is -0.364 e. The van der Waals surface area contributed by atoms with Crippen molar-refractivity contribution in [2.75, 3.05) is 11.9 Å². The number of hydrogen-bond donors (Lipinski definition) is 2. The lowest BCUT2D eigenvalue weighted by atomic mass is 10.1. The molecule has 7 heteroatoms. The molecule has 1 saturated heterocycles. The molecule has 0 spiro atoms. The number of nitrogens with zero attached hydrogens (tertiary/aromatic N) is 3. The number of carbonyl (C=O) groups excluding carboxylic acids is 1. The molecule has 0 aliphatic carbocycles. The maximum atomic E-state index is 12.4. The number of benzene rings is 1. The lowest BCUT2D eigenvalue weighted by molar-refractivity contribution is -0.126. The Morgan fingerprint density at radius 3 is 3.00 bits per heavy atom. The first-order chi connectivity index (χ1) is 11.2. The van der Waals surface area contributed by atoms with E-state index < -0.39 is 6.10 Å². The van der Waals surface area contributed by atoms with E-state index in [1.54, 1.807) is 6.33 Å². The molecule has 0 radical (unpaired) electrons. The topological polar surface area (TPSA) is 95.1 Å². The van der Waals surface area contributed by atoms with Gasteiger partial charge in [0.05, 0.1) is 11.8 Å². The van der Waals surface area contributed by atoms with Gasteiger partial charge in [0, 0.05) is 18.7 Å². The SMILES string of the molecule is CCn1cnnc1-c1ccccc1NC(=O)[C@@H]1CC[C@H](CN)O1. The Labute approximate surface area is 134 Å². The second-order valence-corrected chi connectivity index (χ2v) is 5.54. The van der Waals surface area contributed by atoms with Crippen LogP contribution in [0.5, 0.6) is 0 Å². The molecule has 2 atom stereocenters. The maximum absolute atomic E-state index is 12.4. The normalized spacial score (nSPS) is 20.6. The number of rotatable bonds is 5. The Kier molecular flexibility index (Phi) is 4.68. The van der Waals surface area contributed by atoms with E-state index in [0.717, 1.165) is 24.4 Å². The number of aryl methyl sites for hydroxylation is 1. The summed E-state index contributed by atoms with van der Waals surface area (Å²) in [6.07, 6.45) is 2.73. The fourth-order valence-electron chi connectivity index (χ4n) is 2.77. The van der Waals surface area contributed by atoms with Gasteiger partial charge >= 0.3 is 0 Å². The molecule has 0 saturated carbocycles. The van der Waals surface area contributed by atoms with Crippen LogP contribution in [0.2, 0.25) is 0 Å². The summed E-state index contributed by atoms with van der Waals surface area (Å²) in [5, 5.41) is 11.1. The Bertz CT molecular complexity index is 685. The van der Waals surface area contributed by atoms with Crippen LogP contribution >= 0.6 is 0 Å². The molecule has 122 valence electrons. The third kappa shape index (κ3) is 3.25. The summed E-state index contributed by atoms with van der Waals surface area (Å²) in [4.78, 5) is 12.4. The maximum Gasteiger partial charge on any atom is 0.253 e. The predicted octanol–water partition coefficient (Wildman–Crippen LogP) is 1.41. The van der Waals surface area contributed by atoms with E-state index in [0.29, 0.717) is 18.7 Å². The third-order valence-corrected chi connectivity index (χ3v) is 4.04. The Morgan fingerprint density at radius 1 is 1.43 bits per heavy atom. The number of nitrogens with one attached hydrogen (secondary N) is 1. The van der Waals surface area contributed by atoms with Crippen LogP contribution in [0.1, 0.15) is 19.8 Å². The van der Waals surface area contributed by atoms with Crippen LogP contribution in [0.4, 0.5) is 5.69 Å². The van der Waals surface area contributed by atoms with Crippen LogP contribution in [-0.4, -0.2) is 39.4 Å². The minimum absolute atomic E-state index is 0.0239. The molecule has 1 aromatic carbocycles. The molecule has 1 amide bonds. The summed E-state index contributed by atoms with van der Waals surface area (Å²) >= 11 is 0. The van der Waals surface area contributed by atoms with Gasteiger partial charge in [0.15, 0.2) is 5.82 Å². The van der Waals surface area contributed by atoms with Crippen LogP contribution in [0, 0.1) is 0 Å². The van der Waals surface area contributed by atoms with Crippen LogP contribution in [0.25, 0.3) is 11.4 Å². The third-order valence-electron chi connectivity index (χ3n) is 4.04. The summed E-state index contributed by atoms with van der Waals surface area (Å²) in [5.41, 5.74) is 7.14. The molecule has 7 nitrogen and oxygen atoms in total. The summed E-state index contributed by atoms with van der Waals surface area (Å²) in [6, 6.07) is 7.57. The van der Waals surface area contributed by atoms with Crippen molar-refractivity contribution in [1.29, 1.82) is 0 Å². The number of nitrogens with two attached hydrogens (primary N) is 1. The van der Waals surface area contributed by atoms with E-state index in [-0.39, 0.29) is 12.0 Å². The summed E-state index contributed by atoms with van der Waals surface area (Å²) in [5.74, 6) is 0.589. The van der Waals surface area contributed by atoms with Crippen LogP contribution in [0.15, 0.2) is 30.6 Å². The number of para-hydroxylation sites is 1. The van der Waals surface area contributed by atoms with Crippen molar-refractivity contribution in [2.45, 2.75) is 38.5 Å². The van der Waals surface area contributed by atoms with Crippen LogP contribution in [-0.2, 0) is 16.1 Å². The van der Waals surface area contributed by atoms with E-state index in [1.807, 2.05) is 35.8 Å². The van der Waals surface area contributed by atoms with Crippen molar-refractivity contribution in [3.8, 4) is 11.4 Å². The van der Waals surface area contributed by atoms with Gasteiger partial charge in [-0.15, -0.1) is 10.2 Å². The minimum atomic E-state index is -0.444. The van der Waals surface area contributed by atoms with Gasteiger partial charge in [0.25, 0.3) is 5.91 Å². The highest BCUT2D eigenvalue weighted by Crippen LogP contribution is 2.27. The lowest BCUT2D eigenvalue weighted by Gasteiger charge is -2.15. The molecule has 0 unspecified atom stereocenters. The second-order valence-electron chi connectivity index (χ2n) is 5.54. The van der Waals surface area contributed by atoms with Gasteiger partial charge in [-0.1, -0.05) is 12.1 Å². The van der Waals surface area contributed by atoms with E-state index in [2.05, 4.69) is 15.5 Å². The summed E-state index contributed by atoms with van der Waals surface area (Å²) in [6.45, 7) is 3.22. The quantitative estimate of drug-likeness (QED) is 0.870. The monoisotopic (exact) mass is 315 g/mol. The van der Waals surface area contributed by atoms with Crippen molar-refractivity contribution >= 4 is 11.6 Å². The van der Waals surface area contributed by atoms with Crippen LogP contribution in [0.3, 0.4) is 0 Å². The van der Waals surface area contributed by atoms with E-state index in [9.17, 15) is 4.79 Å². The Balaban J connectivity index is 1.80. The average Bonchev–Trinajstić information content (AvgIpc) is 3.24. The zero-order chi connectivity index (χ0) is 16.2. The fraction of sp³-hybridized carbons (Fsp3) is 0.438. The number of carbonyl (C=O) groups is 1. The molecule has 0 bridgehead atoms. The standard InChI is InChI=1S/C16H21N5O2/c1-2-21-10-18-20-15(21)12-5-3-4-6-13(12)19-16(22)14-8-7-11(9-17)23-14/h3-6,10-11,14H,2,7-9,17H2,1H3,(H,19,22)/t11-,14+/m1/s1. The zero-order valence-electron chi connectivity index (χ0n) is 13.1. The highest BCUT2D eigenvalue weighted by Gasteiger charge is 2.30. The highest BCUT2D eigenvalue weighted by atomic mass is 16.5. The fourth-order valence-corrected chi connectivity index (χ4v) is 2.77. The molecule has 3 N–H and O–H groups in total. The number of hydrogen-bond acceptors (Lipinski definition) is 5.